The van der Waals surface area contributed by atoms with E-state index in [-0.39, 0.29) is 24.6 Å². The highest BCUT2D eigenvalue weighted by molar-refractivity contribution is 7.92. The van der Waals surface area contributed by atoms with Crippen molar-refractivity contribution >= 4 is 27.5 Å². The molecule has 0 saturated carbocycles. The molecule has 0 saturated heterocycles. The van der Waals surface area contributed by atoms with Crippen LogP contribution in [0, 0.1) is 0 Å². The number of carbonyl (C=O) groups is 2. The third-order valence-corrected chi connectivity index (χ3v) is 7.47. The highest BCUT2D eigenvalue weighted by Gasteiger charge is 2.33. The number of rotatable bonds is 14. The van der Waals surface area contributed by atoms with E-state index < -0.39 is 28.5 Å². The van der Waals surface area contributed by atoms with Crippen molar-refractivity contribution in [1.82, 2.24) is 10.2 Å². The Labute approximate surface area is 236 Å². The van der Waals surface area contributed by atoms with Gasteiger partial charge in [0.2, 0.25) is 21.8 Å². The van der Waals surface area contributed by atoms with E-state index in [2.05, 4.69) is 5.32 Å². The highest BCUT2D eigenvalue weighted by atomic mass is 32.2. The quantitative estimate of drug-likeness (QED) is 0.319. The number of anilines is 1. The fourth-order valence-corrected chi connectivity index (χ4v) is 5.11. The minimum atomic E-state index is -3.86. The molecule has 1 N–H and O–H groups in total. The molecule has 0 heterocycles. The van der Waals surface area contributed by atoms with Crippen molar-refractivity contribution in [3.63, 3.8) is 0 Å². The van der Waals surface area contributed by atoms with Crippen LogP contribution in [0.5, 0.6) is 11.5 Å². The Morgan fingerprint density at radius 2 is 1.50 bits per heavy atom. The van der Waals surface area contributed by atoms with Gasteiger partial charge in [0, 0.05) is 25.6 Å². The minimum absolute atomic E-state index is 0.0722. The first kappa shape index (κ1) is 30.5. The lowest BCUT2D eigenvalue weighted by molar-refractivity contribution is -0.140. The first-order chi connectivity index (χ1) is 19.2. The number of benzene rings is 3. The topological polar surface area (TPSA) is 105 Å². The lowest BCUT2D eigenvalue weighted by Gasteiger charge is -2.33. The van der Waals surface area contributed by atoms with Gasteiger partial charge in [-0.05, 0) is 41.8 Å². The van der Waals surface area contributed by atoms with Crippen LogP contribution in [-0.4, -0.2) is 64.7 Å². The van der Waals surface area contributed by atoms with E-state index in [0.29, 0.717) is 18.0 Å². The molecule has 0 aliphatic carbocycles. The van der Waals surface area contributed by atoms with Crippen molar-refractivity contribution in [3.05, 3.63) is 90.0 Å². The molecule has 10 heteroatoms. The number of carbonyl (C=O) groups excluding carboxylic acids is 2. The first-order valence-corrected chi connectivity index (χ1v) is 14.9. The Morgan fingerprint density at radius 3 is 2.12 bits per heavy atom. The van der Waals surface area contributed by atoms with Crippen molar-refractivity contribution in [2.75, 3.05) is 37.9 Å². The number of hydrogen-bond donors (Lipinski definition) is 1. The molecule has 40 heavy (non-hydrogen) atoms. The molecule has 1 unspecified atom stereocenters. The average Bonchev–Trinajstić information content (AvgIpc) is 2.96. The summed E-state index contributed by atoms with van der Waals surface area (Å²) in [4.78, 5) is 29.0. The maximum Gasteiger partial charge on any atom is 0.244 e. The zero-order valence-corrected chi connectivity index (χ0v) is 24.2. The zero-order valence-electron chi connectivity index (χ0n) is 23.4. The molecule has 214 valence electrons. The zero-order chi connectivity index (χ0) is 29.1. The van der Waals surface area contributed by atoms with Crippen LogP contribution >= 0.6 is 0 Å². The molecule has 1 atom stereocenters. The van der Waals surface area contributed by atoms with Gasteiger partial charge in [-0.25, -0.2) is 8.42 Å². The van der Waals surface area contributed by atoms with E-state index in [1.165, 1.54) is 12.0 Å². The predicted octanol–water partition coefficient (Wildman–Crippen LogP) is 3.64. The van der Waals surface area contributed by atoms with E-state index in [9.17, 15) is 18.0 Å². The van der Waals surface area contributed by atoms with E-state index in [4.69, 9.17) is 9.47 Å². The molecule has 2 amide bonds. The van der Waals surface area contributed by atoms with Gasteiger partial charge in [-0.3, -0.25) is 13.9 Å². The molecular formula is C30H37N3O6S. The Morgan fingerprint density at radius 1 is 0.875 bits per heavy atom. The van der Waals surface area contributed by atoms with E-state index in [0.717, 1.165) is 28.1 Å². The maximum absolute atomic E-state index is 14.1. The predicted molar refractivity (Wildman–Crippen MR) is 156 cm³/mol. The normalized spacial score (nSPS) is 11.8. The van der Waals surface area contributed by atoms with Crippen molar-refractivity contribution in [2.45, 2.75) is 32.4 Å². The van der Waals surface area contributed by atoms with Gasteiger partial charge in [0.05, 0.1) is 26.2 Å². The lowest BCUT2D eigenvalue weighted by atomic mass is 10.0. The standard InChI is InChI=1S/C30H37N3O6S/c1-5-17-31-30(35)28(19-23-11-7-6-8-12-23)32(21-24-13-9-15-26(18-24)38-2)29(34)22-33(40(4,36)37)25-14-10-16-27(20-25)39-3/h6-16,18,20,28H,5,17,19,21-22H2,1-4H3,(H,31,35). The molecular weight excluding hydrogens is 530 g/mol. The molecule has 9 nitrogen and oxygen atoms in total. The number of sulfonamides is 1. The molecule has 0 aliphatic rings. The van der Waals surface area contributed by atoms with Crippen LogP contribution < -0.4 is 19.1 Å². The second-order valence-corrected chi connectivity index (χ2v) is 11.2. The number of nitrogens with one attached hydrogen (secondary N) is 1. The number of ether oxygens (including phenoxy) is 2. The summed E-state index contributed by atoms with van der Waals surface area (Å²) in [6.45, 7) is 1.97. The fourth-order valence-electron chi connectivity index (χ4n) is 4.27. The molecule has 0 radical (unpaired) electrons. The first-order valence-electron chi connectivity index (χ1n) is 13.0. The summed E-state index contributed by atoms with van der Waals surface area (Å²) < 4.78 is 37.4. The molecule has 3 rings (SSSR count). The maximum atomic E-state index is 14.1. The van der Waals surface area contributed by atoms with Gasteiger partial charge < -0.3 is 19.7 Å². The third-order valence-electron chi connectivity index (χ3n) is 6.33. The van der Waals surface area contributed by atoms with Gasteiger partial charge in [-0.1, -0.05) is 55.5 Å². The molecule has 0 bridgehead atoms. The van der Waals surface area contributed by atoms with Gasteiger partial charge in [0.1, 0.15) is 24.1 Å². The number of methoxy groups -OCH3 is 2. The van der Waals surface area contributed by atoms with Crippen LogP contribution in [0.25, 0.3) is 0 Å². The molecule has 0 aliphatic heterocycles. The number of hydrogen-bond acceptors (Lipinski definition) is 6. The monoisotopic (exact) mass is 567 g/mol. The summed E-state index contributed by atoms with van der Waals surface area (Å²) in [6.07, 6.45) is 2.02. The largest absolute Gasteiger partial charge is 0.497 e. The van der Waals surface area contributed by atoms with E-state index in [1.807, 2.05) is 43.3 Å². The second kappa shape index (κ2) is 14.4. The summed E-state index contributed by atoms with van der Waals surface area (Å²) >= 11 is 0. The van der Waals surface area contributed by atoms with Gasteiger partial charge in [0.25, 0.3) is 0 Å². The van der Waals surface area contributed by atoms with Crippen LogP contribution in [0.4, 0.5) is 5.69 Å². The second-order valence-electron chi connectivity index (χ2n) is 9.34. The van der Waals surface area contributed by atoms with Gasteiger partial charge in [-0.2, -0.15) is 0 Å². The van der Waals surface area contributed by atoms with Crippen LogP contribution in [0.2, 0.25) is 0 Å². The summed E-state index contributed by atoms with van der Waals surface area (Å²) in [7, 11) is -0.832. The molecule has 0 spiro atoms. The Hall–Kier alpha value is -4.05. The third kappa shape index (κ3) is 8.47. The van der Waals surface area contributed by atoms with Crippen molar-refractivity contribution in [1.29, 1.82) is 0 Å². The Balaban J connectivity index is 2.06. The van der Waals surface area contributed by atoms with E-state index >= 15 is 0 Å². The molecule has 3 aromatic carbocycles. The Kier molecular flexibility index (Phi) is 11.0. The summed E-state index contributed by atoms with van der Waals surface area (Å²) in [5, 5.41) is 2.92. The summed E-state index contributed by atoms with van der Waals surface area (Å²) in [5.74, 6) is 0.222. The fraction of sp³-hybridized carbons (Fsp3) is 0.333. The molecule has 0 aromatic heterocycles. The van der Waals surface area contributed by atoms with Gasteiger partial charge >= 0.3 is 0 Å². The van der Waals surface area contributed by atoms with Gasteiger partial charge in [-0.15, -0.1) is 0 Å². The van der Waals surface area contributed by atoms with Crippen LogP contribution in [-0.2, 0) is 32.6 Å². The molecule has 0 fully saturated rings. The molecule has 3 aromatic rings. The highest BCUT2D eigenvalue weighted by Crippen LogP contribution is 2.24. The summed E-state index contributed by atoms with van der Waals surface area (Å²) in [5.41, 5.74) is 1.89. The Bertz CT molecular complexity index is 1380. The van der Waals surface area contributed by atoms with Crippen LogP contribution in [0.3, 0.4) is 0 Å². The van der Waals surface area contributed by atoms with Crippen molar-refractivity contribution < 1.29 is 27.5 Å². The summed E-state index contributed by atoms with van der Waals surface area (Å²) in [6, 6.07) is 22.2. The minimum Gasteiger partial charge on any atom is -0.497 e. The number of amides is 2. The van der Waals surface area contributed by atoms with Gasteiger partial charge in [0.15, 0.2) is 0 Å². The van der Waals surface area contributed by atoms with Crippen molar-refractivity contribution in [2.24, 2.45) is 0 Å². The number of nitrogens with zero attached hydrogens (tertiary/aromatic N) is 2. The smallest absolute Gasteiger partial charge is 0.244 e. The van der Waals surface area contributed by atoms with Crippen molar-refractivity contribution in [3.8, 4) is 11.5 Å². The van der Waals surface area contributed by atoms with Crippen LogP contribution in [0.1, 0.15) is 24.5 Å². The van der Waals surface area contributed by atoms with E-state index in [1.54, 1.807) is 49.6 Å². The SMILES string of the molecule is CCCNC(=O)C(Cc1ccccc1)N(Cc1cccc(OC)c1)C(=O)CN(c1cccc(OC)c1)S(C)(=O)=O. The van der Waals surface area contributed by atoms with Crippen LogP contribution in [0.15, 0.2) is 78.9 Å². The lowest BCUT2D eigenvalue weighted by Crippen LogP contribution is -2.53. The average molecular weight is 568 g/mol.